The van der Waals surface area contributed by atoms with Crippen LogP contribution in [0, 0.1) is 0 Å². The van der Waals surface area contributed by atoms with Gasteiger partial charge >= 0.3 is 0 Å². The fourth-order valence-corrected chi connectivity index (χ4v) is 2.89. The highest BCUT2D eigenvalue weighted by atomic mass is 31.0. The number of morpholine rings is 1. The minimum Gasteiger partial charge on any atom is -0.379 e. The molecule has 1 aromatic rings. The van der Waals surface area contributed by atoms with E-state index in [9.17, 15) is 0 Å². The van der Waals surface area contributed by atoms with Crippen molar-refractivity contribution < 1.29 is 4.74 Å². The van der Waals surface area contributed by atoms with E-state index in [1.807, 2.05) is 6.21 Å². The summed E-state index contributed by atoms with van der Waals surface area (Å²) in [6, 6.07) is 6.79. The van der Waals surface area contributed by atoms with E-state index in [-0.39, 0.29) is 0 Å². The molecule has 1 fully saturated rings. The van der Waals surface area contributed by atoms with Gasteiger partial charge in [0.05, 0.1) is 24.9 Å². The zero-order chi connectivity index (χ0) is 13.2. The van der Waals surface area contributed by atoms with Crippen LogP contribution in [0.2, 0.25) is 0 Å². The second-order valence-electron chi connectivity index (χ2n) is 5.08. The number of benzene rings is 1. The number of rotatable bonds is 1. The fraction of sp³-hybridized carbons (Fsp3) is 0.400. The van der Waals surface area contributed by atoms with Crippen LogP contribution in [-0.2, 0) is 4.74 Å². The standard InChI is InChI=1S/C15H19N2OP/c1-11-8-15(17-4-6-18-7-5-17)13-3-2-12(19)9-14(13)16-10-11/h2-3,8-10,15H,4-7,19H2,1H3. The van der Waals surface area contributed by atoms with Gasteiger partial charge in [-0.1, -0.05) is 18.2 Å². The first-order valence-electron chi connectivity index (χ1n) is 6.68. The summed E-state index contributed by atoms with van der Waals surface area (Å²) in [5.74, 6) is 0. The maximum absolute atomic E-state index is 5.46. The first kappa shape index (κ1) is 13.0. The van der Waals surface area contributed by atoms with Crippen LogP contribution >= 0.6 is 9.24 Å². The predicted octanol–water partition coefficient (Wildman–Crippen LogP) is 2.22. The van der Waals surface area contributed by atoms with Gasteiger partial charge in [0.15, 0.2) is 0 Å². The van der Waals surface area contributed by atoms with Crippen molar-refractivity contribution in [2.75, 3.05) is 26.3 Å². The highest BCUT2D eigenvalue weighted by molar-refractivity contribution is 7.27. The summed E-state index contributed by atoms with van der Waals surface area (Å²) in [5.41, 5.74) is 3.59. The van der Waals surface area contributed by atoms with Gasteiger partial charge < -0.3 is 4.74 Å². The van der Waals surface area contributed by atoms with Gasteiger partial charge in [0.1, 0.15) is 0 Å². The van der Waals surface area contributed by atoms with Gasteiger partial charge in [0, 0.05) is 19.3 Å². The summed E-state index contributed by atoms with van der Waals surface area (Å²) in [5, 5.41) is 1.18. The number of aliphatic imine (C=N–C) groups is 1. The van der Waals surface area contributed by atoms with Crippen molar-refractivity contribution in [2.24, 2.45) is 4.99 Å². The van der Waals surface area contributed by atoms with Crippen LogP contribution in [0.5, 0.6) is 0 Å². The van der Waals surface area contributed by atoms with E-state index in [1.54, 1.807) is 0 Å². The monoisotopic (exact) mass is 274 g/mol. The van der Waals surface area contributed by atoms with Crippen molar-refractivity contribution in [3.63, 3.8) is 0 Å². The second-order valence-corrected chi connectivity index (χ2v) is 5.75. The van der Waals surface area contributed by atoms with Crippen molar-refractivity contribution in [3.05, 3.63) is 35.4 Å². The minimum absolute atomic E-state index is 0.312. The van der Waals surface area contributed by atoms with Crippen molar-refractivity contribution in [1.29, 1.82) is 0 Å². The first-order valence-corrected chi connectivity index (χ1v) is 7.25. The second kappa shape index (κ2) is 5.54. The summed E-state index contributed by atoms with van der Waals surface area (Å²) >= 11 is 0. The molecule has 100 valence electrons. The quantitative estimate of drug-likeness (QED) is 0.734. The fourth-order valence-electron chi connectivity index (χ4n) is 2.63. The molecule has 0 aliphatic carbocycles. The SMILES string of the molecule is CC1=CC(N2CCOCC2)c2ccc(P)cc2N=C1. The third-order valence-electron chi connectivity index (χ3n) is 3.64. The van der Waals surface area contributed by atoms with E-state index in [2.05, 4.69) is 50.3 Å². The van der Waals surface area contributed by atoms with Crippen LogP contribution < -0.4 is 5.30 Å². The number of allylic oxidation sites excluding steroid dienone is 1. The Labute approximate surface area is 116 Å². The topological polar surface area (TPSA) is 24.8 Å². The van der Waals surface area contributed by atoms with Crippen molar-refractivity contribution in [2.45, 2.75) is 13.0 Å². The zero-order valence-electron chi connectivity index (χ0n) is 11.2. The highest BCUT2D eigenvalue weighted by Gasteiger charge is 2.24. The minimum atomic E-state index is 0.312. The maximum Gasteiger partial charge on any atom is 0.0687 e. The molecule has 2 atom stereocenters. The molecule has 0 bridgehead atoms. The van der Waals surface area contributed by atoms with Crippen LogP contribution in [0.25, 0.3) is 0 Å². The molecule has 2 aliphatic rings. The molecular formula is C15H19N2OP. The zero-order valence-corrected chi connectivity index (χ0v) is 12.3. The molecule has 0 saturated carbocycles. The van der Waals surface area contributed by atoms with Gasteiger partial charge in [-0.05, 0) is 29.4 Å². The molecule has 2 heterocycles. The summed E-state index contributed by atoms with van der Waals surface area (Å²) in [6.45, 7) is 5.72. The van der Waals surface area contributed by atoms with Crippen LogP contribution in [-0.4, -0.2) is 37.4 Å². The largest absolute Gasteiger partial charge is 0.379 e. The van der Waals surface area contributed by atoms with E-state index in [1.165, 1.54) is 16.4 Å². The van der Waals surface area contributed by atoms with Crippen LogP contribution in [0.15, 0.2) is 34.8 Å². The normalized spacial score (nSPS) is 23.7. The van der Waals surface area contributed by atoms with E-state index in [4.69, 9.17) is 4.74 Å². The molecule has 2 aliphatic heterocycles. The third-order valence-corrected chi connectivity index (χ3v) is 4.00. The highest BCUT2D eigenvalue weighted by Crippen LogP contribution is 2.33. The molecule has 1 aromatic carbocycles. The molecule has 0 N–H and O–H groups in total. The van der Waals surface area contributed by atoms with Gasteiger partial charge in [0.25, 0.3) is 0 Å². The lowest BCUT2D eigenvalue weighted by Gasteiger charge is -2.33. The first-order chi connectivity index (χ1) is 9.24. The van der Waals surface area contributed by atoms with Crippen LogP contribution in [0.3, 0.4) is 0 Å². The summed E-state index contributed by atoms with van der Waals surface area (Å²) in [4.78, 5) is 7.08. The number of nitrogens with zero attached hydrogens (tertiary/aromatic N) is 2. The maximum atomic E-state index is 5.46. The molecular weight excluding hydrogens is 255 g/mol. The lowest BCUT2D eigenvalue weighted by molar-refractivity contribution is 0.0253. The Kier molecular flexibility index (Phi) is 3.79. The molecule has 4 heteroatoms. The molecule has 3 rings (SSSR count). The molecule has 0 spiro atoms. The Morgan fingerprint density at radius 1 is 1.32 bits per heavy atom. The van der Waals surface area contributed by atoms with Crippen LogP contribution in [0.1, 0.15) is 18.5 Å². The van der Waals surface area contributed by atoms with Crippen molar-refractivity contribution in [3.8, 4) is 0 Å². The summed E-state index contributed by atoms with van der Waals surface area (Å²) in [6.07, 6.45) is 4.27. The average Bonchev–Trinajstić information content (AvgIpc) is 2.59. The average molecular weight is 274 g/mol. The molecule has 0 amide bonds. The Hall–Kier alpha value is -1.02. The van der Waals surface area contributed by atoms with Crippen LogP contribution in [0.4, 0.5) is 5.69 Å². The third kappa shape index (κ3) is 2.79. The number of ether oxygens (including phenoxy) is 1. The Morgan fingerprint density at radius 2 is 2.11 bits per heavy atom. The number of hydrogen-bond donors (Lipinski definition) is 0. The summed E-state index contributed by atoms with van der Waals surface area (Å²) < 4.78 is 5.46. The Bertz CT molecular complexity index is 533. The predicted molar refractivity (Wildman–Crippen MR) is 82.8 cm³/mol. The Morgan fingerprint density at radius 3 is 2.89 bits per heavy atom. The number of hydrogen-bond acceptors (Lipinski definition) is 3. The van der Waals surface area contributed by atoms with Crippen molar-refractivity contribution in [1.82, 2.24) is 4.90 Å². The Balaban J connectivity index is 2.01. The smallest absolute Gasteiger partial charge is 0.0687 e. The molecule has 0 aromatic heterocycles. The molecule has 19 heavy (non-hydrogen) atoms. The lowest BCUT2D eigenvalue weighted by atomic mass is 10.0. The van der Waals surface area contributed by atoms with E-state index in [0.717, 1.165) is 32.0 Å². The van der Waals surface area contributed by atoms with Gasteiger partial charge in [-0.2, -0.15) is 0 Å². The van der Waals surface area contributed by atoms with E-state index in [0.29, 0.717) is 6.04 Å². The van der Waals surface area contributed by atoms with E-state index < -0.39 is 0 Å². The van der Waals surface area contributed by atoms with Gasteiger partial charge in [-0.15, -0.1) is 9.24 Å². The lowest BCUT2D eigenvalue weighted by Crippen LogP contribution is -2.38. The molecule has 0 radical (unpaired) electrons. The van der Waals surface area contributed by atoms with Crippen molar-refractivity contribution >= 4 is 26.4 Å². The molecule has 2 unspecified atom stereocenters. The van der Waals surface area contributed by atoms with Gasteiger partial charge in [0.2, 0.25) is 0 Å². The van der Waals surface area contributed by atoms with Gasteiger partial charge in [-0.25, -0.2) is 0 Å². The molecule has 1 saturated heterocycles. The summed E-state index contributed by atoms with van der Waals surface area (Å²) in [7, 11) is 2.74. The van der Waals surface area contributed by atoms with Gasteiger partial charge in [-0.3, -0.25) is 9.89 Å². The molecule has 3 nitrogen and oxygen atoms in total. The number of fused-ring (bicyclic) bond motifs is 1. The van der Waals surface area contributed by atoms with E-state index >= 15 is 0 Å².